The van der Waals surface area contributed by atoms with Crippen molar-refractivity contribution < 1.29 is 18.8 Å². The molecule has 0 aliphatic rings. The number of nitrogens with one attached hydrogen (secondary N) is 1. The molecule has 2 heterocycles. The average Bonchev–Trinajstić information content (AvgIpc) is 3.22. The van der Waals surface area contributed by atoms with E-state index in [0.717, 1.165) is 5.39 Å². The predicted molar refractivity (Wildman–Crippen MR) is 94.5 cm³/mol. The summed E-state index contributed by atoms with van der Waals surface area (Å²) < 4.78 is 12.1. The number of nitrogens with zero attached hydrogens (tertiary/aromatic N) is 3. The van der Waals surface area contributed by atoms with Gasteiger partial charge >= 0.3 is 5.97 Å². The fraction of sp³-hybridized carbons (Fsp3) is 0.333. The van der Waals surface area contributed by atoms with Crippen LogP contribution < -0.4 is 5.32 Å². The number of hydrogen-bond acceptors (Lipinski definition) is 6. The van der Waals surface area contributed by atoms with E-state index in [1.165, 1.54) is 6.92 Å². The summed E-state index contributed by atoms with van der Waals surface area (Å²) in [6.45, 7) is 5.42. The van der Waals surface area contributed by atoms with Crippen LogP contribution in [0, 0.1) is 0 Å². The molecule has 1 atom stereocenters. The van der Waals surface area contributed by atoms with Gasteiger partial charge in [0.15, 0.2) is 11.7 Å². The Labute approximate surface area is 150 Å². The van der Waals surface area contributed by atoms with Crippen LogP contribution in [0.2, 0.25) is 0 Å². The van der Waals surface area contributed by atoms with Gasteiger partial charge in [-0.2, -0.15) is 5.10 Å². The molecule has 1 amide bonds. The standard InChI is InChI=1S/C18H20N4O4/c1-11(2)22-16(8-9-19-22)20-18(24)12(3)25-17(23)10-14-13-6-4-5-7-15(13)26-21-14/h4-9,11-12H,10H2,1-3H3,(H,20,24)/t12-/m0/s1. The summed E-state index contributed by atoms with van der Waals surface area (Å²) in [5.41, 5.74) is 1.08. The molecule has 0 fully saturated rings. The highest BCUT2D eigenvalue weighted by Crippen LogP contribution is 2.19. The molecule has 136 valence electrons. The topological polar surface area (TPSA) is 99.2 Å². The van der Waals surface area contributed by atoms with Gasteiger partial charge in [0.2, 0.25) is 0 Å². The van der Waals surface area contributed by atoms with Gasteiger partial charge in [0, 0.05) is 17.5 Å². The molecule has 0 saturated carbocycles. The van der Waals surface area contributed by atoms with Crippen molar-refractivity contribution in [2.75, 3.05) is 5.32 Å². The SMILES string of the molecule is CC(C)n1nccc1NC(=O)[C@H](C)OC(=O)Cc1noc2ccccc12. The van der Waals surface area contributed by atoms with Crippen molar-refractivity contribution in [3.05, 3.63) is 42.2 Å². The summed E-state index contributed by atoms with van der Waals surface area (Å²) in [4.78, 5) is 24.4. The van der Waals surface area contributed by atoms with Crippen molar-refractivity contribution in [3.63, 3.8) is 0 Å². The Morgan fingerprint density at radius 3 is 2.77 bits per heavy atom. The number of amides is 1. The van der Waals surface area contributed by atoms with Crippen LogP contribution in [0.15, 0.2) is 41.1 Å². The first-order valence-electron chi connectivity index (χ1n) is 8.33. The number of esters is 1. The van der Waals surface area contributed by atoms with Crippen LogP contribution in [0.3, 0.4) is 0 Å². The van der Waals surface area contributed by atoms with Crippen molar-refractivity contribution in [2.24, 2.45) is 0 Å². The van der Waals surface area contributed by atoms with E-state index >= 15 is 0 Å². The zero-order valence-electron chi connectivity index (χ0n) is 14.8. The first-order valence-corrected chi connectivity index (χ1v) is 8.33. The third kappa shape index (κ3) is 3.74. The summed E-state index contributed by atoms with van der Waals surface area (Å²) in [5, 5.41) is 11.5. The maximum absolute atomic E-state index is 12.3. The lowest BCUT2D eigenvalue weighted by Crippen LogP contribution is -2.31. The molecule has 0 unspecified atom stereocenters. The largest absolute Gasteiger partial charge is 0.452 e. The maximum atomic E-state index is 12.3. The summed E-state index contributed by atoms with van der Waals surface area (Å²) in [6.07, 6.45) is 0.580. The molecular weight excluding hydrogens is 336 g/mol. The molecule has 0 saturated heterocycles. The quantitative estimate of drug-likeness (QED) is 0.682. The van der Waals surface area contributed by atoms with Crippen LogP contribution >= 0.6 is 0 Å². The molecule has 0 aliphatic heterocycles. The molecule has 3 rings (SSSR count). The van der Waals surface area contributed by atoms with Crippen molar-refractivity contribution in [2.45, 2.75) is 39.3 Å². The Morgan fingerprint density at radius 2 is 2.00 bits per heavy atom. The van der Waals surface area contributed by atoms with Crippen LogP contribution in [0.4, 0.5) is 5.82 Å². The Balaban J connectivity index is 1.60. The first-order chi connectivity index (χ1) is 12.5. The van der Waals surface area contributed by atoms with Gasteiger partial charge in [-0.3, -0.25) is 9.59 Å². The van der Waals surface area contributed by atoms with E-state index < -0.39 is 18.0 Å². The summed E-state index contributed by atoms with van der Waals surface area (Å²) in [7, 11) is 0. The van der Waals surface area contributed by atoms with E-state index in [0.29, 0.717) is 17.1 Å². The predicted octanol–water partition coefficient (Wildman–Crippen LogP) is 2.72. The Morgan fingerprint density at radius 1 is 1.23 bits per heavy atom. The van der Waals surface area contributed by atoms with Crippen molar-refractivity contribution in [3.8, 4) is 0 Å². The molecule has 0 bridgehead atoms. The van der Waals surface area contributed by atoms with Gasteiger partial charge in [0.25, 0.3) is 5.91 Å². The maximum Gasteiger partial charge on any atom is 0.312 e. The molecule has 26 heavy (non-hydrogen) atoms. The van der Waals surface area contributed by atoms with Crippen LogP contribution in [0.5, 0.6) is 0 Å². The third-order valence-electron chi connectivity index (χ3n) is 3.85. The van der Waals surface area contributed by atoms with Crippen LogP contribution in [-0.2, 0) is 20.7 Å². The molecule has 8 heteroatoms. The van der Waals surface area contributed by atoms with Crippen molar-refractivity contribution in [1.29, 1.82) is 0 Å². The normalized spacial score (nSPS) is 12.3. The minimum atomic E-state index is -0.948. The molecule has 0 radical (unpaired) electrons. The van der Waals surface area contributed by atoms with Crippen LogP contribution in [0.1, 0.15) is 32.5 Å². The Hall–Kier alpha value is -3.16. The number of fused-ring (bicyclic) bond motifs is 1. The second-order valence-electron chi connectivity index (χ2n) is 6.18. The lowest BCUT2D eigenvalue weighted by Gasteiger charge is -2.15. The second kappa shape index (κ2) is 7.38. The molecule has 0 spiro atoms. The first kappa shape index (κ1) is 17.7. The highest BCUT2D eigenvalue weighted by atomic mass is 16.5. The highest BCUT2D eigenvalue weighted by Gasteiger charge is 2.21. The fourth-order valence-electron chi connectivity index (χ4n) is 2.55. The molecule has 3 aromatic rings. The van der Waals surface area contributed by atoms with Crippen molar-refractivity contribution >= 4 is 28.7 Å². The summed E-state index contributed by atoms with van der Waals surface area (Å²) in [5.74, 6) is -0.426. The highest BCUT2D eigenvalue weighted by molar-refractivity contribution is 5.94. The van der Waals surface area contributed by atoms with Gasteiger partial charge in [-0.15, -0.1) is 0 Å². The van der Waals surface area contributed by atoms with Crippen molar-refractivity contribution in [1.82, 2.24) is 14.9 Å². The number of rotatable bonds is 6. The second-order valence-corrected chi connectivity index (χ2v) is 6.18. The van der Waals surface area contributed by atoms with Gasteiger partial charge < -0.3 is 14.6 Å². The summed E-state index contributed by atoms with van der Waals surface area (Å²) >= 11 is 0. The zero-order chi connectivity index (χ0) is 18.7. The van der Waals surface area contributed by atoms with E-state index in [1.54, 1.807) is 23.0 Å². The van der Waals surface area contributed by atoms with E-state index in [-0.39, 0.29) is 12.5 Å². The number of benzene rings is 1. The van der Waals surface area contributed by atoms with E-state index in [9.17, 15) is 9.59 Å². The van der Waals surface area contributed by atoms with Gasteiger partial charge in [-0.1, -0.05) is 17.3 Å². The van der Waals surface area contributed by atoms with Gasteiger partial charge in [0.05, 0.1) is 12.6 Å². The smallest absolute Gasteiger partial charge is 0.312 e. The van der Waals surface area contributed by atoms with E-state index in [4.69, 9.17) is 9.26 Å². The molecule has 8 nitrogen and oxygen atoms in total. The summed E-state index contributed by atoms with van der Waals surface area (Å²) in [6, 6.07) is 9.03. The lowest BCUT2D eigenvalue weighted by molar-refractivity contribution is -0.152. The minimum Gasteiger partial charge on any atom is -0.452 e. The fourth-order valence-corrected chi connectivity index (χ4v) is 2.55. The number of aromatic nitrogens is 3. The molecule has 0 aliphatic carbocycles. The number of carbonyl (C=O) groups excluding carboxylic acids is 2. The molecule has 1 N–H and O–H groups in total. The van der Waals surface area contributed by atoms with Gasteiger partial charge in [-0.05, 0) is 32.9 Å². The average molecular weight is 356 g/mol. The molecule has 2 aromatic heterocycles. The number of ether oxygens (including phenoxy) is 1. The molecule has 1 aromatic carbocycles. The van der Waals surface area contributed by atoms with E-state index in [2.05, 4.69) is 15.6 Å². The minimum absolute atomic E-state index is 0.0709. The Bertz CT molecular complexity index is 928. The van der Waals surface area contributed by atoms with E-state index in [1.807, 2.05) is 32.0 Å². The van der Waals surface area contributed by atoms with Gasteiger partial charge in [0.1, 0.15) is 11.5 Å². The number of hydrogen-bond donors (Lipinski definition) is 1. The number of anilines is 1. The monoisotopic (exact) mass is 356 g/mol. The van der Waals surface area contributed by atoms with Crippen LogP contribution in [-0.4, -0.2) is 32.9 Å². The zero-order valence-corrected chi connectivity index (χ0v) is 14.8. The number of carbonyl (C=O) groups is 2. The lowest BCUT2D eigenvalue weighted by atomic mass is 10.2. The molecular formula is C18H20N4O4. The van der Waals surface area contributed by atoms with Crippen LogP contribution in [0.25, 0.3) is 11.0 Å². The third-order valence-corrected chi connectivity index (χ3v) is 3.85. The Kier molecular flexibility index (Phi) is 5.01. The number of para-hydroxylation sites is 1. The van der Waals surface area contributed by atoms with Gasteiger partial charge in [-0.25, -0.2) is 4.68 Å².